The standard InChI is InChI=1S/C19H27FN2O2Si/c1-13(23)22-12-18(24-25(5,6)19(2,3)4)16-10-15(20)9-14-7-8-21-11-17(14)16/h7-11,18H,12H2,1-6H3,(H,22,23). The topological polar surface area (TPSA) is 51.2 Å². The third kappa shape index (κ3) is 4.64. The molecule has 0 saturated carbocycles. The SMILES string of the molecule is CC(=O)NCC(O[Si](C)(C)C(C)(C)C)c1cc(F)cc2ccncc12. The Morgan fingerprint density at radius 2 is 2.04 bits per heavy atom. The Morgan fingerprint density at radius 1 is 1.36 bits per heavy atom. The van der Waals surface area contributed by atoms with Crippen LogP contribution in [0.2, 0.25) is 18.1 Å². The van der Waals surface area contributed by atoms with Crippen molar-refractivity contribution < 1.29 is 13.6 Å². The van der Waals surface area contributed by atoms with Crippen molar-refractivity contribution in [2.24, 2.45) is 0 Å². The summed E-state index contributed by atoms with van der Waals surface area (Å²) in [4.78, 5) is 15.6. The van der Waals surface area contributed by atoms with Crippen molar-refractivity contribution >= 4 is 25.0 Å². The van der Waals surface area contributed by atoms with Gasteiger partial charge in [0.25, 0.3) is 0 Å². The highest BCUT2D eigenvalue weighted by molar-refractivity contribution is 6.74. The maximum atomic E-state index is 14.2. The highest BCUT2D eigenvalue weighted by atomic mass is 28.4. The van der Waals surface area contributed by atoms with Gasteiger partial charge in [0.1, 0.15) is 5.82 Å². The first-order chi connectivity index (χ1) is 11.5. The second-order valence-electron chi connectivity index (χ2n) is 7.90. The van der Waals surface area contributed by atoms with Crippen LogP contribution in [-0.4, -0.2) is 25.8 Å². The van der Waals surface area contributed by atoms with Gasteiger partial charge in [-0.3, -0.25) is 9.78 Å². The molecule has 1 atom stereocenters. The number of carbonyl (C=O) groups excluding carboxylic acids is 1. The van der Waals surface area contributed by atoms with Crippen molar-refractivity contribution in [2.45, 2.75) is 51.9 Å². The Labute approximate surface area is 149 Å². The highest BCUT2D eigenvalue weighted by Crippen LogP contribution is 2.40. The molecule has 0 spiro atoms. The van der Waals surface area contributed by atoms with Crippen molar-refractivity contribution in [3.05, 3.63) is 42.0 Å². The fourth-order valence-electron chi connectivity index (χ4n) is 2.44. The fourth-order valence-corrected chi connectivity index (χ4v) is 3.71. The predicted octanol–water partition coefficient (Wildman–Crippen LogP) is 4.57. The molecule has 1 aromatic carbocycles. The Morgan fingerprint density at radius 3 is 2.64 bits per heavy atom. The van der Waals surface area contributed by atoms with Gasteiger partial charge in [-0.2, -0.15) is 0 Å². The molecule has 0 radical (unpaired) electrons. The number of nitrogens with zero attached hydrogens (tertiary/aromatic N) is 1. The molecule has 0 saturated heterocycles. The fraction of sp³-hybridized carbons (Fsp3) is 0.474. The first-order valence-corrected chi connectivity index (χ1v) is 11.4. The number of nitrogens with one attached hydrogen (secondary N) is 1. The molecule has 0 fully saturated rings. The summed E-state index contributed by atoms with van der Waals surface area (Å²) in [6.45, 7) is 12.5. The minimum atomic E-state index is -2.12. The van der Waals surface area contributed by atoms with Crippen molar-refractivity contribution in [2.75, 3.05) is 6.54 Å². The Balaban J connectivity index is 2.51. The van der Waals surface area contributed by atoms with Crippen LogP contribution in [0, 0.1) is 5.82 Å². The summed E-state index contributed by atoms with van der Waals surface area (Å²) in [6, 6.07) is 4.76. The summed E-state index contributed by atoms with van der Waals surface area (Å²) in [5.41, 5.74) is 0.724. The summed E-state index contributed by atoms with van der Waals surface area (Å²) in [7, 11) is -2.12. The lowest BCUT2D eigenvalue weighted by atomic mass is 10.0. The zero-order valence-corrected chi connectivity index (χ0v) is 16.8. The van der Waals surface area contributed by atoms with E-state index in [1.165, 1.54) is 19.1 Å². The van der Waals surface area contributed by atoms with Gasteiger partial charge in [0.2, 0.25) is 5.91 Å². The highest BCUT2D eigenvalue weighted by Gasteiger charge is 2.39. The number of hydrogen-bond acceptors (Lipinski definition) is 3. The predicted molar refractivity (Wildman–Crippen MR) is 101 cm³/mol. The van der Waals surface area contributed by atoms with Crippen LogP contribution in [0.1, 0.15) is 39.4 Å². The van der Waals surface area contributed by atoms with Crippen LogP contribution in [0.25, 0.3) is 10.8 Å². The third-order valence-electron chi connectivity index (χ3n) is 4.88. The molecule has 2 rings (SSSR count). The number of carbonyl (C=O) groups is 1. The summed E-state index contributed by atoms with van der Waals surface area (Å²) in [6.07, 6.45) is 2.94. The number of hydrogen-bond donors (Lipinski definition) is 1. The molecule has 1 amide bonds. The number of benzene rings is 1. The average Bonchev–Trinajstić information content (AvgIpc) is 2.49. The molecular weight excluding hydrogens is 335 g/mol. The van der Waals surface area contributed by atoms with Gasteiger partial charge in [-0.05, 0) is 47.3 Å². The largest absolute Gasteiger partial charge is 0.408 e. The molecule has 0 aliphatic heterocycles. The van der Waals surface area contributed by atoms with Crippen LogP contribution in [-0.2, 0) is 9.22 Å². The zero-order valence-electron chi connectivity index (χ0n) is 15.8. The Bertz CT molecular complexity index is 772. The molecule has 6 heteroatoms. The lowest BCUT2D eigenvalue weighted by Gasteiger charge is -2.39. The quantitative estimate of drug-likeness (QED) is 0.793. The van der Waals surface area contributed by atoms with E-state index in [-0.39, 0.29) is 16.8 Å². The molecule has 0 aliphatic carbocycles. The zero-order chi connectivity index (χ0) is 18.8. The van der Waals surface area contributed by atoms with E-state index in [0.29, 0.717) is 6.54 Å². The van der Waals surface area contributed by atoms with Gasteiger partial charge >= 0.3 is 0 Å². The van der Waals surface area contributed by atoms with Gasteiger partial charge in [-0.15, -0.1) is 0 Å². The minimum absolute atomic E-state index is 0.00283. The smallest absolute Gasteiger partial charge is 0.216 e. The van der Waals surface area contributed by atoms with E-state index in [4.69, 9.17) is 4.43 Å². The van der Waals surface area contributed by atoms with Crippen LogP contribution in [0.3, 0.4) is 0 Å². The van der Waals surface area contributed by atoms with Gasteiger partial charge in [0.05, 0.1) is 6.10 Å². The van der Waals surface area contributed by atoms with E-state index in [1.54, 1.807) is 18.5 Å². The second kappa shape index (κ2) is 7.21. The van der Waals surface area contributed by atoms with E-state index < -0.39 is 14.4 Å². The monoisotopic (exact) mass is 362 g/mol. The molecule has 0 bridgehead atoms. The molecule has 25 heavy (non-hydrogen) atoms. The molecule has 1 aromatic heterocycles. The van der Waals surface area contributed by atoms with Gasteiger partial charge in [-0.25, -0.2) is 4.39 Å². The third-order valence-corrected chi connectivity index (χ3v) is 9.37. The van der Waals surface area contributed by atoms with Gasteiger partial charge in [0, 0.05) is 31.2 Å². The van der Waals surface area contributed by atoms with E-state index in [0.717, 1.165) is 16.3 Å². The minimum Gasteiger partial charge on any atom is -0.408 e. The van der Waals surface area contributed by atoms with E-state index in [9.17, 15) is 9.18 Å². The number of pyridine rings is 1. The first-order valence-electron chi connectivity index (χ1n) is 8.47. The molecule has 1 N–H and O–H groups in total. The Hall–Kier alpha value is -1.79. The summed E-state index contributed by atoms with van der Waals surface area (Å²) in [5, 5.41) is 4.44. The van der Waals surface area contributed by atoms with Gasteiger partial charge < -0.3 is 9.74 Å². The van der Waals surface area contributed by atoms with E-state index in [2.05, 4.69) is 44.2 Å². The summed E-state index contributed by atoms with van der Waals surface area (Å²) < 4.78 is 20.7. The number of fused-ring (bicyclic) bond motifs is 1. The molecule has 2 aromatic rings. The molecular formula is C19H27FN2O2Si. The summed E-state index contributed by atoms with van der Waals surface area (Å²) >= 11 is 0. The first kappa shape index (κ1) is 19.5. The molecule has 136 valence electrons. The van der Waals surface area contributed by atoms with E-state index in [1.807, 2.05) is 0 Å². The van der Waals surface area contributed by atoms with Crippen LogP contribution < -0.4 is 5.32 Å². The van der Waals surface area contributed by atoms with Crippen LogP contribution in [0.5, 0.6) is 0 Å². The molecule has 1 unspecified atom stereocenters. The maximum absolute atomic E-state index is 14.2. The second-order valence-corrected chi connectivity index (χ2v) is 12.7. The van der Waals surface area contributed by atoms with Crippen molar-refractivity contribution in [1.82, 2.24) is 10.3 Å². The van der Waals surface area contributed by atoms with Gasteiger partial charge in [-0.1, -0.05) is 20.8 Å². The van der Waals surface area contributed by atoms with Gasteiger partial charge in [0.15, 0.2) is 8.32 Å². The lowest BCUT2D eigenvalue weighted by Crippen LogP contribution is -2.44. The van der Waals surface area contributed by atoms with E-state index >= 15 is 0 Å². The lowest BCUT2D eigenvalue weighted by molar-refractivity contribution is -0.119. The number of amides is 1. The maximum Gasteiger partial charge on any atom is 0.216 e. The summed E-state index contributed by atoms with van der Waals surface area (Å²) in [5.74, 6) is -0.456. The normalized spacial score (nSPS) is 13.7. The average molecular weight is 363 g/mol. The van der Waals surface area contributed by atoms with Crippen LogP contribution in [0.15, 0.2) is 30.6 Å². The van der Waals surface area contributed by atoms with Crippen LogP contribution in [0.4, 0.5) is 4.39 Å². The Kier molecular flexibility index (Phi) is 5.64. The van der Waals surface area contributed by atoms with Crippen molar-refractivity contribution in [3.8, 4) is 0 Å². The number of aromatic nitrogens is 1. The number of rotatable bonds is 5. The number of halogens is 1. The molecule has 1 heterocycles. The molecule has 0 aliphatic rings. The van der Waals surface area contributed by atoms with Crippen LogP contribution >= 0.6 is 0 Å². The molecule has 4 nitrogen and oxygen atoms in total. The van der Waals surface area contributed by atoms with Crippen molar-refractivity contribution in [1.29, 1.82) is 0 Å². The van der Waals surface area contributed by atoms with Crippen molar-refractivity contribution in [3.63, 3.8) is 0 Å².